The van der Waals surface area contributed by atoms with Crippen LogP contribution in [0.25, 0.3) is 0 Å². The van der Waals surface area contributed by atoms with E-state index in [1.165, 1.54) is 12.3 Å². The molecule has 0 amide bonds. The fourth-order valence-electron chi connectivity index (χ4n) is 1.22. The van der Waals surface area contributed by atoms with Gasteiger partial charge in [-0.15, -0.1) is 0 Å². The molecule has 1 aromatic carbocycles. The topological polar surface area (TPSA) is 89.1 Å². The summed E-state index contributed by atoms with van der Waals surface area (Å²) < 4.78 is 10.2. The van der Waals surface area contributed by atoms with Crippen molar-refractivity contribution in [3.05, 3.63) is 17.7 Å². The van der Waals surface area contributed by atoms with Crippen molar-refractivity contribution in [2.24, 2.45) is 10.8 Å². The molecule has 7 heteroatoms. The number of nitrogens with zero attached hydrogens (tertiary/aromatic N) is 1. The van der Waals surface area contributed by atoms with Gasteiger partial charge in [0.15, 0.2) is 16.6 Å². The SMILES string of the molecule is NC(=S)N/N=C/c1cc2c(cc1O)OCO2. The molecule has 6 nitrogen and oxygen atoms in total. The molecule has 0 bridgehead atoms. The second-order valence-corrected chi connectivity index (χ2v) is 3.44. The molecule has 0 radical (unpaired) electrons. The summed E-state index contributed by atoms with van der Waals surface area (Å²) in [5.74, 6) is 1.12. The number of fused-ring (bicyclic) bond motifs is 1. The second kappa shape index (κ2) is 4.23. The Balaban J connectivity index is 2.21. The predicted octanol–water partition coefficient (Wildman–Crippen LogP) is 0.288. The number of rotatable bonds is 2. The summed E-state index contributed by atoms with van der Waals surface area (Å²) in [4.78, 5) is 0. The van der Waals surface area contributed by atoms with Gasteiger partial charge in [0.1, 0.15) is 5.75 Å². The van der Waals surface area contributed by atoms with Crippen molar-refractivity contribution in [1.82, 2.24) is 5.43 Å². The van der Waals surface area contributed by atoms with Gasteiger partial charge in [0.25, 0.3) is 0 Å². The Hall–Kier alpha value is -2.02. The number of hydrogen-bond acceptors (Lipinski definition) is 5. The van der Waals surface area contributed by atoms with Gasteiger partial charge in [-0.3, -0.25) is 5.43 Å². The van der Waals surface area contributed by atoms with Crippen molar-refractivity contribution in [3.63, 3.8) is 0 Å². The fraction of sp³-hybridized carbons (Fsp3) is 0.111. The monoisotopic (exact) mass is 239 g/mol. The van der Waals surface area contributed by atoms with E-state index in [0.29, 0.717) is 17.1 Å². The van der Waals surface area contributed by atoms with Gasteiger partial charge in [-0.1, -0.05) is 0 Å². The van der Waals surface area contributed by atoms with Gasteiger partial charge >= 0.3 is 0 Å². The highest BCUT2D eigenvalue weighted by atomic mass is 32.1. The van der Waals surface area contributed by atoms with Crippen LogP contribution in [0.2, 0.25) is 0 Å². The zero-order valence-corrected chi connectivity index (χ0v) is 8.95. The van der Waals surface area contributed by atoms with Gasteiger partial charge in [-0.05, 0) is 18.3 Å². The molecule has 0 unspecified atom stereocenters. The zero-order valence-electron chi connectivity index (χ0n) is 8.14. The third-order valence-corrected chi connectivity index (χ3v) is 1.99. The van der Waals surface area contributed by atoms with Crippen molar-refractivity contribution in [3.8, 4) is 17.2 Å². The normalized spacial score (nSPS) is 13.0. The maximum atomic E-state index is 9.62. The third-order valence-electron chi connectivity index (χ3n) is 1.90. The second-order valence-electron chi connectivity index (χ2n) is 3.00. The van der Waals surface area contributed by atoms with E-state index in [1.807, 2.05) is 0 Å². The molecule has 0 fully saturated rings. The molecule has 0 saturated carbocycles. The van der Waals surface area contributed by atoms with Crippen molar-refractivity contribution in [2.45, 2.75) is 0 Å². The lowest BCUT2D eigenvalue weighted by molar-refractivity contribution is 0.174. The maximum absolute atomic E-state index is 9.62. The molecule has 16 heavy (non-hydrogen) atoms. The Kier molecular flexibility index (Phi) is 2.78. The number of benzene rings is 1. The molecular weight excluding hydrogens is 230 g/mol. The van der Waals surface area contributed by atoms with Crippen LogP contribution >= 0.6 is 12.2 Å². The van der Waals surface area contributed by atoms with Crippen LogP contribution in [0.15, 0.2) is 17.2 Å². The van der Waals surface area contributed by atoms with Crippen LogP contribution < -0.4 is 20.6 Å². The molecule has 84 valence electrons. The molecule has 0 saturated heterocycles. The summed E-state index contributed by atoms with van der Waals surface area (Å²) in [7, 11) is 0. The van der Waals surface area contributed by atoms with Crippen LogP contribution in [0.3, 0.4) is 0 Å². The molecule has 1 aliphatic rings. The van der Waals surface area contributed by atoms with E-state index in [1.54, 1.807) is 6.07 Å². The lowest BCUT2D eigenvalue weighted by Gasteiger charge is -2.01. The van der Waals surface area contributed by atoms with E-state index in [2.05, 4.69) is 22.7 Å². The average molecular weight is 239 g/mol. The Labute approximate surface area is 96.7 Å². The first-order valence-electron chi connectivity index (χ1n) is 4.38. The van der Waals surface area contributed by atoms with Crippen LogP contribution in [0.5, 0.6) is 17.2 Å². The van der Waals surface area contributed by atoms with E-state index >= 15 is 0 Å². The molecule has 0 aliphatic carbocycles. The van der Waals surface area contributed by atoms with Crippen molar-refractivity contribution < 1.29 is 14.6 Å². The van der Waals surface area contributed by atoms with Gasteiger partial charge in [0, 0.05) is 11.6 Å². The summed E-state index contributed by atoms with van der Waals surface area (Å²) >= 11 is 4.57. The number of nitrogens with two attached hydrogens (primary N) is 1. The highest BCUT2D eigenvalue weighted by Crippen LogP contribution is 2.36. The minimum atomic E-state index is 0.0396. The highest BCUT2D eigenvalue weighted by Gasteiger charge is 2.15. The number of hydrogen-bond donors (Lipinski definition) is 3. The Morgan fingerprint density at radius 2 is 2.19 bits per heavy atom. The first-order chi connectivity index (χ1) is 7.66. The zero-order chi connectivity index (χ0) is 11.5. The van der Waals surface area contributed by atoms with Gasteiger partial charge in [0.05, 0.1) is 6.21 Å². The van der Waals surface area contributed by atoms with Crippen LogP contribution in [0.1, 0.15) is 5.56 Å². The standard InChI is InChI=1S/C9H9N3O3S/c10-9(16)12-11-3-5-1-7-8(2-6(5)13)15-4-14-7/h1-3,13H,4H2,(H3,10,12,16)/b11-3+. The number of phenolic OH excluding ortho intramolecular Hbond substituents is 1. The van der Waals surface area contributed by atoms with E-state index in [-0.39, 0.29) is 17.7 Å². The Bertz CT molecular complexity index is 462. The summed E-state index contributed by atoms with van der Waals surface area (Å²) in [5.41, 5.74) is 8.05. The van der Waals surface area contributed by atoms with Crippen LogP contribution in [0.4, 0.5) is 0 Å². The molecule has 0 aromatic heterocycles. The molecular formula is C9H9N3O3S. The van der Waals surface area contributed by atoms with Gasteiger partial charge < -0.3 is 20.3 Å². The highest BCUT2D eigenvalue weighted by molar-refractivity contribution is 7.80. The van der Waals surface area contributed by atoms with Gasteiger partial charge in [0.2, 0.25) is 6.79 Å². The molecule has 4 N–H and O–H groups in total. The van der Waals surface area contributed by atoms with E-state index in [0.717, 1.165) is 0 Å². The maximum Gasteiger partial charge on any atom is 0.231 e. The van der Waals surface area contributed by atoms with Crippen molar-refractivity contribution in [1.29, 1.82) is 0 Å². The molecule has 0 atom stereocenters. The molecule has 2 rings (SSSR count). The fourth-order valence-corrected chi connectivity index (χ4v) is 1.27. The summed E-state index contributed by atoms with van der Waals surface area (Å²) in [6, 6.07) is 3.08. The van der Waals surface area contributed by atoms with Gasteiger partial charge in [-0.2, -0.15) is 5.10 Å². The number of phenols is 1. The number of aromatic hydroxyl groups is 1. The van der Waals surface area contributed by atoms with Crippen molar-refractivity contribution in [2.75, 3.05) is 6.79 Å². The van der Waals surface area contributed by atoms with E-state index in [4.69, 9.17) is 15.2 Å². The minimum Gasteiger partial charge on any atom is -0.507 e. The number of thiocarbonyl (C=S) groups is 1. The Morgan fingerprint density at radius 3 is 2.88 bits per heavy atom. The van der Waals surface area contributed by atoms with Crippen LogP contribution in [0, 0.1) is 0 Å². The number of hydrazone groups is 1. The average Bonchev–Trinajstić information content (AvgIpc) is 2.64. The van der Waals surface area contributed by atoms with E-state index < -0.39 is 0 Å². The molecule has 1 aromatic rings. The molecule has 0 spiro atoms. The largest absolute Gasteiger partial charge is 0.507 e. The third kappa shape index (κ3) is 2.14. The minimum absolute atomic E-state index is 0.0396. The lowest BCUT2D eigenvalue weighted by Crippen LogP contribution is -2.23. The van der Waals surface area contributed by atoms with Gasteiger partial charge in [-0.25, -0.2) is 0 Å². The number of ether oxygens (including phenoxy) is 2. The first kappa shape index (κ1) is 10.5. The summed E-state index contributed by atoms with van der Waals surface area (Å²) in [6.45, 7) is 0.153. The molecule has 1 heterocycles. The smallest absolute Gasteiger partial charge is 0.231 e. The number of nitrogens with one attached hydrogen (secondary N) is 1. The lowest BCUT2D eigenvalue weighted by atomic mass is 10.2. The van der Waals surface area contributed by atoms with Crippen LogP contribution in [-0.2, 0) is 0 Å². The summed E-state index contributed by atoms with van der Waals surface area (Å²) in [6.07, 6.45) is 1.39. The first-order valence-corrected chi connectivity index (χ1v) is 4.79. The Morgan fingerprint density at radius 1 is 1.50 bits per heavy atom. The quantitative estimate of drug-likeness (QED) is 0.390. The van der Waals surface area contributed by atoms with Crippen molar-refractivity contribution >= 4 is 23.5 Å². The summed E-state index contributed by atoms with van der Waals surface area (Å²) in [5, 5.41) is 13.4. The molecule has 1 aliphatic heterocycles. The van der Waals surface area contributed by atoms with E-state index in [9.17, 15) is 5.11 Å². The predicted molar refractivity (Wildman–Crippen MR) is 61.7 cm³/mol. The van der Waals surface area contributed by atoms with Crippen LogP contribution in [-0.4, -0.2) is 23.2 Å².